The third-order valence-corrected chi connectivity index (χ3v) is 4.07. The van der Waals surface area contributed by atoms with Crippen molar-refractivity contribution < 1.29 is 4.74 Å². The van der Waals surface area contributed by atoms with Crippen molar-refractivity contribution in [1.82, 2.24) is 9.97 Å². The van der Waals surface area contributed by atoms with Gasteiger partial charge < -0.3 is 10.1 Å². The number of ether oxygens (including phenoxy) is 1. The minimum absolute atomic E-state index is 0.649. The second-order valence-electron chi connectivity index (χ2n) is 4.13. The van der Waals surface area contributed by atoms with E-state index in [0.717, 1.165) is 27.3 Å². The Bertz CT molecular complexity index is 772. The zero-order valence-corrected chi connectivity index (χ0v) is 12.5. The molecule has 0 spiro atoms. The van der Waals surface area contributed by atoms with Gasteiger partial charge in [-0.2, -0.15) is 0 Å². The fourth-order valence-corrected chi connectivity index (χ4v) is 2.98. The number of hydrogen-bond acceptors (Lipinski definition) is 5. The molecule has 4 nitrogen and oxygen atoms in total. The molecule has 3 rings (SSSR count). The van der Waals surface area contributed by atoms with E-state index >= 15 is 0 Å². The molecule has 0 aliphatic heterocycles. The number of nitrogens with one attached hydrogen (secondary N) is 1. The summed E-state index contributed by atoms with van der Waals surface area (Å²) in [4.78, 5) is 10.1. The van der Waals surface area contributed by atoms with Gasteiger partial charge in [0.1, 0.15) is 16.4 Å². The quantitative estimate of drug-likeness (QED) is 0.792. The number of methoxy groups -OCH3 is 1. The monoisotopic (exact) mass is 305 g/mol. The molecule has 2 aromatic heterocycles. The third-order valence-electron chi connectivity index (χ3n) is 2.95. The van der Waals surface area contributed by atoms with Crippen molar-refractivity contribution in [3.05, 3.63) is 34.7 Å². The van der Waals surface area contributed by atoms with Crippen molar-refractivity contribution in [3.8, 4) is 16.5 Å². The summed E-state index contributed by atoms with van der Waals surface area (Å²) in [6.45, 7) is 0. The van der Waals surface area contributed by atoms with Crippen LogP contribution >= 0.6 is 22.9 Å². The molecule has 6 heteroatoms. The molecule has 0 saturated carbocycles. The highest BCUT2D eigenvalue weighted by atomic mass is 35.5. The summed E-state index contributed by atoms with van der Waals surface area (Å²) in [5.74, 6) is 2.18. The van der Waals surface area contributed by atoms with E-state index in [1.165, 1.54) is 0 Å². The van der Waals surface area contributed by atoms with Crippen molar-refractivity contribution in [2.75, 3.05) is 19.5 Å². The summed E-state index contributed by atoms with van der Waals surface area (Å²) in [7, 11) is 3.48. The van der Waals surface area contributed by atoms with E-state index in [1.54, 1.807) is 18.4 Å². The minimum atomic E-state index is 0.649. The molecule has 0 radical (unpaired) electrons. The molecule has 0 aliphatic rings. The number of thiophene rings is 1. The molecular weight excluding hydrogens is 294 g/mol. The first-order valence-electron chi connectivity index (χ1n) is 6.00. The number of rotatable bonds is 3. The molecule has 3 aromatic rings. The maximum atomic E-state index is 6.03. The predicted molar refractivity (Wildman–Crippen MR) is 84.0 cm³/mol. The molecule has 20 heavy (non-hydrogen) atoms. The second kappa shape index (κ2) is 5.26. The Morgan fingerprint density at radius 2 is 2.10 bits per heavy atom. The van der Waals surface area contributed by atoms with Crippen LogP contribution < -0.4 is 10.1 Å². The van der Waals surface area contributed by atoms with Crippen LogP contribution in [0.3, 0.4) is 0 Å². The topological polar surface area (TPSA) is 47.0 Å². The largest absolute Gasteiger partial charge is 0.495 e. The Labute approximate surface area is 125 Å². The summed E-state index contributed by atoms with van der Waals surface area (Å²) in [6.07, 6.45) is 0. The van der Waals surface area contributed by atoms with Crippen molar-refractivity contribution >= 4 is 39.7 Å². The summed E-state index contributed by atoms with van der Waals surface area (Å²) in [5.41, 5.74) is 0.846. The van der Waals surface area contributed by atoms with Gasteiger partial charge in [0.2, 0.25) is 0 Å². The van der Waals surface area contributed by atoms with E-state index in [0.29, 0.717) is 10.8 Å². The van der Waals surface area contributed by atoms with E-state index in [2.05, 4.69) is 15.3 Å². The number of benzene rings is 1. The van der Waals surface area contributed by atoms with Crippen LogP contribution in [0.5, 0.6) is 5.75 Å². The molecule has 102 valence electrons. The molecule has 1 N–H and O–H groups in total. The van der Waals surface area contributed by atoms with Crippen molar-refractivity contribution in [2.24, 2.45) is 0 Å². The number of anilines is 1. The number of hydrogen-bond donors (Lipinski definition) is 1. The molecule has 0 saturated heterocycles. The molecule has 0 aliphatic carbocycles. The number of halogens is 1. The lowest BCUT2D eigenvalue weighted by atomic mass is 10.2. The van der Waals surface area contributed by atoms with Gasteiger partial charge in [-0.05, 0) is 29.6 Å². The van der Waals surface area contributed by atoms with Gasteiger partial charge in [0.05, 0.1) is 12.6 Å². The van der Waals surface area contributed by atoms with E-state index in [-0.39, 0.29) is 0 Å². The van der Waals surface area contributed by atoms with E-state index < -0.39 is 0 Å². The Hall–Kier alpha value is -1.85. The fourth-order valence-electron chi connectivity index (χ4n) is 2.01. The molecular formula is C14H12ClN3OS. The standard InChI is InChI=1S/C14H12ClN3OS/c1-16-13-9-7-8(15)3-4-10(9)17-14(18-13)12-11(19-2)5-6-20-12/h3-7H,1-2H3,(H,16,17,18). The lowest BCUT2D eigenvalue weighted by Crippen LogP contribution is -1.98. The van der Waals surface area contributed by atoms with Crippen LogP contribution in [0.25, 0.3) is 21.6 Å². The van der Waals surface area contributed by atoms with E-state index in [4.69, 9.17) is 16.3 Å². The number of aromatic nitrogens is 2. The average Bonchev–Trinajstić information content (AvgIpc) is 2.94. The van der Waals surface area contributed by atoms with Gasteiger partial charge in [-0.25, -0.2) is 9.97 Å². The van der Waals surface area contributed by atoms with Crippen LogP contribution in [0.1, 0.15) is 0 Å². The summed E-state index contributed by atoms with van der Waals surface area (Å²) in [5, 5.41) is 6.62. The van der Waals surface area contributed by atoms with Gasteiger partial charge in [0, 0.05) is 17.5 Å². The fraction of sp³-hybridized carbons (Fsp3) is 0.143. The zero-order valence-electron chi connectivity index (χ0n) is 11.0. The molecule has 0 amide bonds. The normalized spacial score (nSPS) is 10.8. The summed E-state index contributed by atoms with van der Waals surface area (Å²) >= 11 is 7.59. The first-order valence-corrected chi connectivity index (χ1v) is 7.25. The maximum Gasteiger partial charge on any atom is 0.176 e. The maximum absolute atomic E-state index is 6.03. The SMILES string of the molecule is CNc1nc(-c2sccc2OC)nc2ccc(Cl)cc12. The molecule has 1 aromatic carbocycles. The van der Waals surface area contributed by atoms with Crippen LogP contribution in [0.15, 0.2) is 29.6 Å². The average molecular weight is 306 g/mol. The van der Waals surface area contributed by atoms with Crippen LogP contribution in [0.4, 0.5) is 5.82 Å². The minimum Gasteiger partial charge on any atom is -0.495 e. The molecule has 2 heterocycles. The summed E-state index contributed by atoms with van der Waals surface area (Å²) < 4.78 is 5.33. The molecule has 0 fully saturated rings. The lowest BCUT2D eigenvalue weighted by molar-refractivity contribution is 0.418. The zero-order chi connectivity index (χ0) is 14.1. The first kappa shape index (κ1) is 13.1. The molecule has 0 unspecified atom stereocenters. The van der Waals surface area contributed by atoms with Crippen molar-refractivity contribution in [3.63, 3.8) is 0 Å². The van der Waals surface area contributed by atoms with Gasteiger partial charge in [-0.15, -0.1) is 11.3 Å². The number of fused-ring (bicyclic) bond motifs is 1. The summed E-state index contributed by atoms with van der Waals surface area (Å²) in [6, 6.07) is 7.49. The van der Waals surface area contributed by atoms with E-state index in [9.17, 15) is 0 Å². The smallest absolute Gasteiger partial charge is 0.176 e. The van der Waals surface area contributed by atoms with Gasteiger partial charge in [0.25, 0.3) is 0 Å². The Balaban J connectivity index is 2.25. The highest BCUT2D eigenvalue weighted by molar-refractivity contribution is 7.13. The van der Waals surface area contributed by atoms with Gasteiger partial charge >= 0.3 is 0 Å². The van der Waals surface area contributed by atoms with E-state index in [1.807, 2.05) is 36.7 Å². The molecule has 0 bridgehead atoms. The van der Waals surface area contributed by atoms with Gasteiger partial charge in [-0.1, -0.05) is 11.6 Å². The highest BCUT2D eigenvalue weighted by Gasteiger charge is 2.14. The van der Waals surface area contributed by atoms with Gasteiger partial charge in [0.15, 0.2) is 5.82 Å². The predicted octanol–water partition coefficient (Wildman–Crippen LogP) is 4.06. The van der Waals surface area contributed by atoms with Crippen LogP contribution in [-0.2, 0) is 0 Å². The number of nitrogens with zero attached hydrogens (tertiary/aromatic N) is 2. The van der Waals surface area contributed by atoms with Crippen LogP contribution in [0, 0.1) is 0 Å². The molecule has 0 atom stereocenters. The Kier molecular flexibility index (Phi) is 3.46. The van der Waals surface area contributed by atoms with Crippen molar-refractivity contribution in [1.29, 1.82) is 0 Å². The Morgan fingerprint density at radius 3 is 2.85 bits per heavy atom. The first-order chi connectivity index (χ1) is 9.72. The lowest BCUT2D eigenvalue weighted by Gasteiger charge is -2.08. The second-order valence-corrected chi connectivity index (χ2v) is 5.48. The van der Waals surface area contributed by atoms with Crippen molar-refractivity contribution in [2.45, 2.75) is 0 Å². The highest BCUT2D eigenvalue weighted by Crippen LogP contribution is 2.35. The van der Waals surface area contributed by atoms with Crippen LogP contribution in [-0.4, -0.2) is 24.1 Å². The third kappa shape index (κ3) is 2.19. The van der Waals surface area contributed by atoms with Gasteiger partial charge in [-0.3, -0.25) is 0 Å². The Morgan fingerprint density at radius 1 is 1.25 bits per heavy atom. The van der Waals surface area contributed by atoms with Crippen LogP contribution in [0.2, 0.25) is 5.02 Å².